The predicted octanol–water partition coefficient (Wildman–Crippen LogP) is 4.41. The fourth-order valence-electron chi connectivity index (χ4n) is 2.43. The van der Waals surface area contributed by atoms with Gasteiger partial charge in [-0.15, -0.1) is 0 Å². The summed E-state index contributed by atoms with van der Waals surface area (Å²) in [5, 5.41) is 5.64. The third-order valence-electron chi connectivity index (χ3n) is 3.49. The van der Waals surface area contributed by atoms with Crippen LogP contribution in [0, 0.1) is 0 Å². The highest BCUT2D eigenvalue weighted by Gasteiger charge is 2.23. The Labute approximate surface area is 124 Å². The van der Waals surface area contributed by atoms with Crippen LogP contribution in [-0.2, 0) is 6.42 Å². The molecule has 0 amide bonds. The average molecular weight is 304 g/mol. The molecule has 1 fully saturated rings. The lowest BCUT2D eigenvalue weighted by Crippen LogP contribution is -2.39. The first-order valence-corrected chi connectivity index (χ1v) is 8.24. The Kier molecular flexibility index (Phi) is 5.68. The first-order valence-electron chi connectivity index (χ1n) is 6.43. The summed E-state index contributed by atoms with van der Waals surface area (Å²) in [7, 11) is 2.05. The first-order chi connectivity index (χ1) is 8.70. The maximum atomic E-state index is 6.25. The van der Waals surface area contributed by atoms with Crippen molar-refractivity contribution in [1.82, 2.24) is 5.32 Å². The Hall–Kier alpha value is 0.110. The molecule has 1 saturated heterocycles. The minimum atomic E-state index is 0.494. The molecule has 1 aliphatic rings. The van der Waals surface area contributed by atoms with E-state index >= 15 is 0 Å². The molecule has 1 aliphatic heterocycles. The minimum Gasteiger partial charge on any atom is -0.316 e. The normalized spacial score (nSPS) is 21.8. The van der Waals surface area contributed by atoms with Gasteiger partial charge in [0.2, 0.25) is 0 Å². The summed E-state index contributed by atoms with van der Waals surface area (Å²) in [6.45, 7) is 0. The third kappa shape index (κ3) is 3.80. The third-order valence-corrected chi connectivity index (χ3v) is 5.59. The van der Waals surface area contributed by atoms with Crippen molar-refractivity contribution in [1.29, 1.82) is 0 Å². The van der Waals surface area contributed by atoms with Crippen LogP contribution in [-0.4, -0.2) is 24.1 Å². The van der Waals surface area contributed by atoms with Gasteiger partial charge in [0.25, 0.3) is 0 Å². The largest absolute Gasteiger partial charge is 0.316 e. The summed E-state index contributed by atoms with van der Waals surface area (Å²) in [6, 6.07) is 6.29. The number of hydrogen-bond acceptors (Lipinski definition) is 2. The molecular weight excluding hydrogens is 285 g/mol. The van der Waals surface area contributed by atoms with Crippen LogP contribution in [0.4, 0.5) is 0 Å². The Bertz CT molecular complexity index is 391. The highest BCUT2D eigenvalue weighted by molar-refractivity contribution is 8.00. The van der Waals surface area contributed by atoms with Gasteiger partial charge in [-0.1, -0.05) is 35.7 Å². The number of nitrogens with one attached hydrogen (secondary N) is 1. The smallest absolute Gasteiger partial charge is 0.0453 e. The van der Waals surface area contributed by atoms with Gasteiger partial charge >= 0.3 is 0 Å². The van der Waals surface area contributed by atoms with E-state index in [2.05, 4.69) is 17.1 Å². The summed E-state index contributed by atoms with van der Waals surface area (Å²) in [4.78, 5) is 0. The van der Waals surface area contributed by atoms with Gasteiger partial charge in [-0.25, -0.2) is 0 Å². The molecule has 2 rings (SSSR count). The number of halogens is 2. The van der Waals surface area contributed by atoms with Crippen molar-refractivity contribution in [2.75, 3.05) is 12.8 Å². The number of rotatable bonds is 4. The van der Waals surface area contributed by atoms with E-state index in [-0.39, 0.29) is 0 Å². The molecule has 0 aliphatic carbocycles. The molecule has 2 unspecified atom stereocenters. The van der Waals surface area contributed by atoms with Gasteiger partial charge in [0.15, 0.2) is 0 Å². The Balaban J connectivity index is 2.04. The van der Waals surface area contributed by atoms with E-state index in [1.165, 1.54) is 30.6 Å². The highest BCUT2D eigenvalue weighted by Crippen LogP contribution is 2.30. The second-order valence-corrected chi connectivity index (χ2v) is 6.93. The molecule has 2 atom stereocenters. The van der Waals surface area contributed by atoms with Crippen molar-refractivity contribution in [2.45, 2.75) is 37.0 Å². The van der Waals surface area contributed by atoms with Crippen LogP contribution in [0.25, 0.3) is 0 Å². The van der Waals surface area contributed by atoms with Gasteiger partial charge in [-0.2, -0.15) is 11.8 Å². The number of benzene rings is 1. The van der Waals surface area contributed by atoms with Crippen LogP contribution in [0.2, 0.25) is 10.0 Å². The van der Waals surface area contributed by atoms with Crippen LogP contribution in [0.1, 0.15) is 24.8 Å². The van der Waals surface area contributed by atoms with Crippen LogP contribution in [0.3, 0.4) is 0 Å². The maximum Gasteiger partial charge on any atom is 0.0453 e. The van der Waals surface area contributed by atoms with Crippen molar-refractivity contribution in [3.05, 3.63) is 33.8 Å². The summed E-state index contributed by atoms with van der Waals surface area (Å²) >= 11 is 14.3. The zero-order valence-corrected chi connectivity index (χ0v) is 12.9. The molecule has 0 spiro atoms. The molecule has 1 N–H and O–H groups in total. The van der Waals surface area contributed by atoms with Gasteiger partial charge < -0.3 is 5.32 Å². The van der Waals surface area contributed by atoms with E-state index in [0.717, 1.165) is 11.4 Å². The second kappa shape index (κ2) is 7.04. The van der Waals surface area contributed by atoms with E-state index in [4.69, 9.17) is 23.2 Å². The summed E-state index contributed by atoms with van der Waals surface area (Å²) < 4.78 is 0. The fourth-order valence-corrected chi connectivity index (χ4v) is 4.38. The molecule has 0 bridgehead atoms. The SMILES string of the molecule is CNC(Cc1ccc(Cl)cc1Cl)C1CCCCS1. The van der Waals surface area contributed by atoms with Crippen LogP contribution in [0.15, 0.2) is 18.2 Å². The highest BCUT2D eigenvalue weighted by atomic mass is 35.5. The van der Waals surface area contributed by atoms with Crippen LogP contribution in [0.5, 0.6) is 0 Å². The zero-order chi connectivity index (χ0) is 13.0. The Morgan fingerprint density at radius 2 is 2.22 bits per heavy atom. The van der Waals surface area contributed by atoms with Gasteiger partial charge in [0.05, 0.1) is 0 Å². The van der Waals surface area contributed by atoms with E-state index in [1.807, 2.05) is 25.2 Å². The first kappa shape index (κ1) is 14.5. The van der Waals surface area contributed by atoms with Crippen LogP contribution >= 0.6 is 35.0 Å². The monoisotopic (exact) mass is 303 g/mol. The quantitative estimate of drug-likeness (QED) is 0.884. The summed E-state index contributed by atoms with van der Waals surface area (Å²) in [6.07, 6.45) is 5.00. The molecule has 0 radical (unpaired) electrons. The van der Waals surface area contributed by atoms with Gasteiger partial charge in [-0.05, 0) is 49.8 Å². The van der Waals surface area contributed by atoms with E-state index in [0.29, 0.717) is 16.3 Å². The number of thioether (sulfide) groups is 1. The molecule has 1 aromatic carbocycles. The standard InChI is InChI=1S/C14H19Cl2NS/c1-17-13(14-4-2-3-7-18-14)8-10-5-6-11(15)9-12(10)16/h5-6,9,13-14,17H,2-4,7-8H2,1H3. The molecule has 100 valence electrons. The molecule has 0 aromatic heterocycles. The van der Waals surface area contributed by atoms with Gasteiger partial charge in [0.1, 0.15) is 0 Å². The minimum absolute atomic E-state index is 0.494. The topological polar surface area (TPSA) is 12.0 Å². The molecule has 1 heterocycles. The van der Waals surface area contributed by atoms with Crippen molar-refractivity contribution in [3.8, 4) is 0 Å². The predicted molar refractivity (Wildman–Crippen MR) is 83.1 cm³/mol. The van der Waals surface area contributed by atoms with E-state index in [9.17, 15) is 0 Å². The van der Waals surface area contributed by atoms with E-state index < -0.39 is 0 Å². The molecular formula is C14H19Cl2NS. The van der Waals surface area contributed by atoms with Gasteiger partial charge in [0, 0.05) is 21.3 Å². The number of hydrogen-bond donors (Lipinski definition) is 1. The van der Waals surface area contributed by atoms with E-state index in [1.54, 1.807) is 0 Å². The van der Waals surface area contributed by atoms with Gasteiger partial charge in [-0.3, -0.25) is 0 Å². The average Bonchev–Trinajstić information content (AvgIpc) is 2.39. The second-order valence-electron chi connectivity index (χ2n) is 4.74. The molecule has 18 heavy (non-hydrogen) atoms. The van der Waals surface area contributed by atoms with Crippen molar-refractivity contribution in [3.63, 3.8) is 0 Å². The zero-order valence-electron chi connectivity index (χ0n) is 10.6. The molecule has 0 saturated carbocycles. The Morgan fingerprint density at radius 1 is 1.39 bits per heavy atom. The van der Waals surface area contributed by atoms with Crippen LogP contribution < -0.4 is 5.32 Å². The lowest BCUT2D eigenvalue weighted by molar-refractivity contribution is 0.495. The number of likely N-dealkylation sites (N-methyl/N-ethyl adjacent to an activating group) is 1. The fraction of sp³-hybridized carbons (Fsp3) is 0.571. The van der Waals surface area contributed by atoms with Crippen molar-refractivity contribution < 1.29 is 0 Å². The maximum absolute atomic E-state index is 6.25. The summed E-state index contributed by atoms with van der Waals surface area (Å²) in [5.74, 6) is 1.29. The Morgan fingerprint density at radius 3 is 2.83 bits per heavy atom. The molecule has 4 heteroatoms. The molecule has 1 nitrogen and oxygen atoms in total. The summed E-state index contributed by atoms with van der Waals surface area (Å²) in [5.41, 5.74) is 1.19. The van der Waals surface area contributed by atoms with Crippen molar-refractivity contribution in [2.24, 2.45) is 0 Å². The molecule has 1 aromatic rings. The van der Waals surface area contributed by atoms with Crippen molar-refractivity contribution >= 4 is 35.0 Å². The lowest BCUT2D eigenvalue weighted by Gasteiger charge is -2.30. The lowest BCUT2D eigenvalue weighted by atomic mass is 9.99.